The summed E-state index contributed by atoms with van der Waals surface area (Å²) in [5, 5.41) is 9.67. The van der Waals surface area contributed by atoms with Crippen LogP contribution in [0.5, 0.6) is 0 Å². The molecule has 2 aromatic carbocycles. The van der Waals surface area contributed by atoms with Gasteiger partial charge in [-0.05, 0) is 69.9 Å². The molecule has 4 aromatic rings. The Morgan fingerprint density at radius 3 is 2.63 bits per heavy atom. The molecule has 0 atom stereocenters. The van der Waals surface area contributed by atoms with Crippen molar-refractivity contribution in [3.63, 3.8) is 0 Å². The van der Waals surface area contributed by atoms with Gasteiger partial charge in [-0.2, -0.15) is 18.2 Å². The van der Waals surface area contributed by atoms with Gasteiger partial charge >= 0.3 is 6.18 Å². The summed E-state index contributed by atoms with van der Waals surface area (Å²) in [5.41, 5.74) is 1.37. The number of aryl methyl sites for hydroxylation is 1. The van der Waals surface area contributed by atoms with E-state index in [4.69, 9.17) is 0 Å². The van der Waals surface area contributed by atoms with Crippen LogP contribution in [0.4, 0.5) is 36.3 Å². The molecule has 12 heteroatoms. The van der Waals surface area contributed by atoms with E-state index in [0.29, 0.717) is 34.2 Å². The van der Waals surface area contributed by atoms with Crippen molar-refractivity contribution in [1.82, 2.24) is 24.8 Å². The molecule has 0 aliphatic rings. The fourth-order valence-corrected chi connectivity index (χ4v) is 3.63. The van der Waals surface area contributed by atoms with Gasteiger partial charge in [0.05, 0.1) is 10.9 Å². The largest absolute Gasteiger partial charge is 0.416 e. The zero-order chi connectivity index (χ0) is 27.3. The molecule has 2 aromatic heterocycles. The Hall–Kier alpha value is -4.32. The molecule has 0 saturated heterocycles. The lowest BCUT2D eigenvalue weighted by Crippen LogP contribution is -2.17. The van der Waals surface area contributed by atoms with E-state index in [2.05, 4.69) is 40.8 Å². The molecule has 0 unspecified atom stereocenters. The van der Waals surface area contributed by atoms with Gasteiger partial charge in [0.15, 0.2) is 5.65 Å². The normalized spacial score (nSPS) is 11.6. The van der Waals surface area contributed by atoms with Crippen molar-refractivity contribution in [2.45, 2.75) is 19.5 Å². The van der Waals surface area contributed by atoms with Crippen LogP contribution in [-0.4, -0.2) is 57.9 Å². The predicted molar refractivity (Wildman–Crippen MR) is 141 cm³/mol. The smallest absolute Gasteiger partial charge is 0.354 e. The fourth-order valence-electron chi connectivity index (χ4n) is 3.63. The van der Waals surface area contributed by atoms with Crippen LogP contribution in [0.1, 0.15) is 27.9 Å². The number of rotatable bonds is 9. The van der Waals surface area contributed by atoms with E-state index in [1.54, 1.807) is 24.4 Å². The number of hydrogen-bond acceptors (Lipinski definition) is 8. The molecule has 0 bridgehead atoms. The van der Waals surface area contributed by atoms with E-state index in [0.717, 1.165) is 37.2 Å². The number of anilines is 4. The molecule has 198 valence electrons. The lowest BCUT2D eigenvalue weighted by molar-refractivity contribution is -0.137. The molecule has 0 fully saturated rings. The molecule has 0 spiro atoms. The Morgan fingerprint density at radius 1 is 1.05 bits per heavy atom. The summed E-state index contributed by atoms with van der Waals surface area (Å²) in [6.07, 6.45) is -0.579. The maximum atomic E-state index is 13.0. The number of hydrogen-bond donors (Lipinski definition) is 3. The molecule has 1 amide bonds. The van der Waals surface area contributed by atoms with E-state index in [9.17, 15) is 18.0 Å². The first-order chi connectivity index (χ1) is 18.1. The molecule has 0 aliphatic heterocycles. The summed E-state index contributed by atoms with van der Waals surface area (Å²) in [6, 6.07) is 9.40. The number of carbonyl (C=O) groups is 1. The first-order valence-electron chi connectivity index (χ1n) is 11.8. The lowest BCUT2D eigenvalue weighted by atomic mass is 10.1. The second-order valence-electron chi connectivity index (χ2n) is 8.92. The van der Waals surface area contributed by atoms with E-state index in [1.165, 1.54) is 18.5 Å². The zero-order valence-corrected chi connectivity index (χ0v) is 21.1. The summed E-state index contributed by atoms with van der Waals surface area (Å²) in [6.45, 7) is 3.53. The molecule has 38 heavy (non-hydrogen) atoms. The molecule has 0 radical (unpaired) electrons. The van der Waals surface area contributed by atoms with Crippen LogP contribution >= 0.6 is 0 Å². The topological polar surface area (TPSA) is 108 Å². The summed E-state index contributed by atoms with van der Waals surface area (Å²) in [5.74, 6) is 0.285. The third-order valence-electron chi connectivity index (χ3n) is 5.66. The summed E-state index contributed by atoms with van der Waals surface area (Å²) < 4.78 is 39.1. The third kappa shape index (κ3) is 6.71. The van der Waals surface area contributed by atoms with E-state index in [-0.39, 0.29) is 5.56 Å². The Morgan fingerprint density at radius 2 is 1.87 bits per heavy atom. The molecule has 2 heterocycles. The number of amides is 1. The second-order valence-corrected chi connectivity index (χ2v) is 8.92. The van der Waals surface area contributed by atoms with Crippen molar-refractivity contribution in [1.29, 1.82) is 0 Å². The number of nitrogens with one attached hydrogen (secondary N) is 3. The maximum absolute atomic E-state index is 13.0. The summed E-state index contributed by atoms with van der Waals surface area (Å²) >= 11 is 0. The van der Waals surface area contributed by atoms with E-state index < -0.39 is 17.6 Å². The average Bonchev–Trinajstić information content (AvgIpc) is 2.88. The highest BCUT2D eigenvalue weighted by molar-refractivity contribution is 6.04. The highest BCUT2D eigenvalue weighted by atomic mass is 19.4. The summed E-state index contributed by atoms with van der Waals surface area (Å²) in [4.78, 5) is 32.1. The first kappa shape index (κ1) is 26.7. The van der Waals surface area contributed by atoms with Crippen LogP contribution < -0.4 is 16.0 Å². The van der Waals surface area contributed by atoms with Gasteiger partial charge in [-0.1, -0.05) is 12.1 Å². The van der Waals surface area contributed by atoms with Gasteiger partial charge in [-0.25, -0.2) is 15.0 Å². The monoisotopic (exact) mass is 524 g/mol. The predicted octanol–water partition coefficient (Wildman–Crippen LogP) is 5.11. The van der Waals surface area contributed by atoms with Gasteiger partial charge in [0.2, 0.25) is 5.95 Å². The van der Waals surface area contributed by atoms with Gasteiger partial charge < -0.3 is 20.9 Å². The Bertz CT molecular complexity index is 1440. The Balaban J connectivity index is 1.50. The molecule has 9 nitrogen and oxygen atoms in total. The number of fused-ring (bicyclic) bond motifs is 1. The minimum Gasteiger partial charge on any atom is -0.354 e. The van der Waals surface area contributed by atoms with Crippen molar-refractivity contribution < 1.29 is 18.0 Å². The molecule has 0 aliphatic carbocycles. The van der Waals surface area contributed by atoms with Crippen LogP contribution in [0, 0.1) is 6.92 Å². The quantitative estimate of drug-likeness (QED) is 0.260. The third-order valence-corrected chi connectivity index (χ3v) is 5.66. The minimum atomic E-state index is -4.54. The van der Waals surface area contributed by atoms with E-state index >= 15 is 0 Å². The van der Waals surface area contributed by atoms with Gasteiger partial charge in [0.25, 0.3) is 5.91 Å². The average molecular weight is 525 g/mol. The minimum absolute atomic E-state index is 0.0972. The van der Waals surface area contributed by atoms with Crippen molar-refractivity contribution >= 4 is 40.1 Å². The standard InChI is InChI=1S/C26H27F3N8O/c1-16-8-9-19(34-24(38)17-6-4-7-18(12-17)26(27,28)29)13-21(16)35-22-20-14-31-25(30-10-5-11-37(2)3)36-23(20)33-15-32-22/h4,6-9,12-15H,5,10-11H2,1-3H3,(H,34,38)(H2,30,31,32,33,35,36). The maximum Gasteiger partial charge on any atom is 0.416 e. The van der Waals surface area contributed by atoms with Crippen LogP contribution in [0.3, 0.4) is 0 Å². The summed E-state index contributed by atoms with van der Waals surface area (Å²) in [7, 11) is 4.03. The number of aromatic nitrogens is 4. The zero-order valence-electron chi connectivity index (χ0n) is 21.1. The van der Waals surface area contributed by atoms with Gasteiger partial charge in [0, 0.05) is 29.7 Å². The van der Waals surface area contributed by atoms with Crippen LogP contribution in [0.25, 0.3) is 11.0 Å². The number of benzene rings is 2. The Kier molecular flexibility index (Phi) is 8.01. The van der Waals surface area contributed by atoms with Gasteiger partial charge in [-0.15, -0.1) is 0 Å². The van der Waals surface area contributed by atoms with Crippen LogP contribution in [-0.2, 0) is 6.18 Å². The second kappa shape index (κ2) is 11.4. The van der Waals surface area contributed by atoms with Crippen molar-refractivity contribution in [2.75, 3.05) is 43.1 Å². The Labute approximate surface area is 217 Å². The van der Waals surface area contributed by atoms with Crippen LogP contribution in [0.2, 0.25) is 0 Å². The van der Waals surface area contributed by atoms with Crippen LogP contribution in [0.15, 0.2) is 55.0 Å². The number of alkyl halides is 3. The first-order valence-corrected chi connectivity index (χ1v) is 11.8. The fraction of sp³-hybridized carbons (Fsp3) is 0.269. The highest BCUT2D eigenvalue weighted by Gasteiger charge is 2.30. The van der Waals surface area contributed by atoms with Crippen molar-refractivity contribution in [2.24, 2.45) is 0 Å². The van der Waals surface area contributed by atoms with E-state index in [1.807, 2.05) is 21.0 Å². The molecule has 4 rings (SSSR count). The number of nitrogens with zero attached hydrogens (tertiary/aromatic N) is 5. The molecular formula is C26H27F3N8O. The lowest BCUT2D eigenvalue weighted by Gasteiger charge is -2.14. The van der Waals surface area contributed by atoms with Gasteiger partial charge in [0.1, 0.15) is 12.1 Å². The SMILES string of the molecule is Cc1ccc(NC(=O)c2cccc(C(F)(F)F)c2)cc1Nc1ncnc2nc(NCCCN(C)C)ncc12. The van der Waals surface area contributed by atoms with Crippen molar-refractivity contribution in [3.8, 4) is 0 Å². The number of carbonyl (C=O) groups excluding carboxylic acids is 1. The van der Waals surface area contributed by atoms with Gasteiger partial charge in [-0.3, -0.25) is 4.79 Å². The molecular weight excluding hydrogens is 497 g/mol. The molecule has 0 saturated carbocycles. The number of halogens is 3. The highest BCUT2D eigenvalue weighted by Crippen LogP contribution is 2.30. The van der Waals surface area contributed by atoms with Crippen molar-refractivity contribution in [3.05, 3.63) is 71.7 Å². The molecule has 3 N–H and O–H groups in total.